The second-order valence-corrected chi connectivity index (χ2v) is 8.63. The maximum Gasteiger partial charge on any atom is 0.283 e. The van der Waals surface area contributed by atoms with Crippen molar-refractivity contribution >= 4 is 35.0 Å². The maximum absolute atomic E-state index is 13.6. The number of nitrogens with one attached hydrogen (secondary N) is 1. The van der Waals surface area contributed by atoms with E-state index >= 15 is 0 Å². The second-order valence-electron chi connectivity index (χ2n) is 7.55. The van der Waals surface area contributed by atoms with Gasteiger partial charge >= 0.3 is 0 Å². The first-order valence-electron chi connectivity index (χ1n) is 10.3. The van der Waals surface area contributed by atoms with E-state index < -0.39 is 5.91 Å². The third kappa shape index (κ3) is 4.45. The summed E-state index contributed by atoms with van der Waals surface area (Å²) in [5.41, 5.74) is 3.10. The molecule has 0 radical (unpaired) electrons. The molecule has 1 aliphatic rings. The van der Waals surface area contributed by atoms with Crippen LogP contribution in [-0.2, 0) is 9.59 Å². The molecule has 1 aliphatic heterocycles. The summed E-state index contributed by atoms with van der Waals surface area (Å²) in [6.45, 7) is 3.82. The molecule has 0 aromatic heterocycles. The number of rotatable bonds is 7. The number of ether oxygens (including phenoxy) is 2. The Balaban J connectivity index is 1.81. The van der Waals surface area contributed by atoms with Crippen LogP contribution in [0.2, 0.25) is 0 Å². The van der Waals surface area contributed by atoms with E-state index in [4.69, 9.17) is 9.47 Å². The van der Waals surface area contributed by atoms with Gasteiger partial charge in [0.15, 0.2) is 0 Å². The van der Waals surface area contributed by atoms with Gasteiger partial charge in [-0.15, -0.1) is 0 Å². The Hall–Kier alpha value is -3.71. The number of benzene rings is 3. The van der Waals surface area contributed by atoms with Gasteiger partial charge in [0.1, 0.15) is 22.1 Å². The van der Waals surface area contributed by atoms with E-state index in [0.717, 1.165) is 16.0 Å². The van der Waals surface area contributed by atoms with Crippen molar-refractivity contribution in [3.63, 3.8) is 0 Å². The molecule has 0 saturated carbocycles. The molecule has 0 bridgehead atoms. The van der Waals surface area contributed by atoms with Gasteiger partial charge in [0, 0.05) is 11.0 Å². The van der Waals surface area contributed by atoms with Crippen molar-refractivity contribution in [2.75, 3.05) is 24.4 Å². The predicted octanol–water partition coefficient (Wildman–Crippen LogP) is 5.31. The first kappa shape index (κ1) is 22.5. The van der Waals surface area contributed by atoms with Crippen LogP contribution < -0.4 is 19.7 Å². The molecule has 1 heterocycles. The molecule has 0 atom stereocenters. The monoisotopic (exact) mass is 460 g/mol. The molecule has 2 amide bonds. The summed E-state index contributed by atoms with van der Waals surface area (Å²) >= 11 is 1.26. The number of hydrogen-bond donors (Lipinski definition) is 1. The molecule has 7 heteroatoms. The minimum atomic E-state index is -0.419. The Bertz CT molecular complexity index is 1250. The van der Waals surface area contributed by atoms with Crippen molar-refractivity contribution in [3.05, 3.63) is 88.5 Å². The normalized spacial score (nSPS) is 13.5. The Kier molecular flexibility index (Phi) is 6.42. The Labute approximate surface area is 197 Å². The molecule has 6 nitrogen and oxygen atoms in total. The van der Waals surface area contributed by atoms with Gasteiger partial charge in [-0.05, 0) is 55.3 Å². The summed E-state index contributed by atoms with van der Waals surface area (Å²) in [5, 5.41) is 3.16. The molecule has 33 heavy (non-hydrogen) atoms. The van der Waals surface area contributed by atoms with Crippen LogP contribution in [0, 0.1) is 13.8 Å². The van der Waals surface area contributed by atoms with E-state index in [-0.39, 0.29) is 11.6 Å². The molecule has 0 aliphatic carbocycles. The van der Waals surface area contributed by atoms with Crippen molar-refractivity contribution in [1.29, 1.82) is 0 Å². The first-order valence-corrected chi connectivity index (χ1v) is 11.2. The van der Waals surface area contributed by atoms with Crippen LogP contribution in [0.5, 0.6) is 11.5 Å². The highest BCUT2D eigenvalue weighted by Crippen LogP contribution is 2.40. The summed E-state index contributed by atoms with van der Waals surface area (Å²) in [6.07, 6.45) is 0. The zero-order chi connectivity index (χ0) is 23.5. The third-order valence-electron chi connectivity index (χ3n) is 5.28. The number of thioether (sulfide) groups is 1. The number of hydrogen-bond acceptors (Lipinski definition) is 6. The zero-order valence-corrected chi connectivity index (χ0v) is 19.7. The standard InChI is InChI=1S/C26H24N2O4S/c1-16-10-11-17(2)21(14-16)28-25(29)23(24(26(28)30)33-19-8-6-5-7-9-19)27-20-15-18(31-3)12-13-22(20)32-4/h5-15,27H,1-4H3. The van der Waals surface area contributed by atoms with Crippen molar-refractivity contribution in [2.24, 2.45) is 0 Å². The van der Waals surface area contributed by atoms with Gasteiger partial charge in [0.2, 0.25) is 0 Å². The maximum atomic E-state index is 13.6. The molecular weight excluding hydrogens is 436 g/mol. The van der Waals surface area contributed by atoms with Crippen LogP contribution >= 0.6 is 11.8 Å². The molecule has 4 rings (SSSR count). The third-order valence-corrected chi connectivity index (χ3v) is 6.37. The van der Waals surface area contributed by atoms with Crippen LogP contribution in [0.15, 0.2) is 82.2 Å². The Morgan fingerprint density at radius 3 is 2.30 bits per heavy atom. The molecule has 3 aromatic carbocycles. The van der Waals surface area contributed by atoms with Gasteiger partial charge < -0.3 is 14.8 Å². The van der Waals surface area contributed by atoms with E-state index in [1.165, 1.54) is 16.7 Å². The van der Waals surface area contributed by atoms with Crippen molar-refractivity contribution < 1.29 is 19.1 Å². The lowest BCUT2D eigenvalue weighted by molar-refractivity contribution is -0.120. The molecule has 0 saturated heterocycles. The lowest BCUT2D eigenvalue weighted by atomic mass is 10.1. The van der Waals surface area contributed by atoms with E-state index in [1.807, 2.05) is 62.4 Å². The largest absolute Gasteiger partial charge is 0.497 e. The average Bonchev–Trinajstić information content (AvgIpc) is 3.05. The summed E-state index contributed by atoms with van der Waals surface area (Å²) < 4.78 is 10.8. The van der Waals surface area contributed by atoms with Gasteiger partial charge in [-0.1, -0.05) is 42.1 Å². The quantitative estimate of drug-likeness (QED) is 0.482. The first-order chi connectivity index (χ1) is 15.9. The van der Waals surface area contributed by atoms with Crippen LogP contribution in [0.25, 0.3) is 0 Å². The van der Waals surface area contributed by atoms with Gasteiger partial charge in [-0.3, -0.25) is 9.59 Å². The van der Waals surface area contributed by atoms with Gasteiger partial charge in [-0.25, -0.2) is 4.90 Å². The Morgan fingerprint density at radius 1 is 0.848 bits per heavy atom. The predicted molar refractivity (Wildman–Crippen MR) is 131 cm³/mol. The fourth-order valence-corrected chi connectivity index (χ4v) is 4.49. The summed E-state index contributed by atoms with van der Waals surface area (Å²) in [5.74, 6) is 0.334. The minimum absolute atomic E-state index is 0.196. The zero-order valence-electron chi connectivity index (χ0n) is 18.8. The number of carbonyl (C=O) groups excluding carboxylic acids is 2. The van der Waals surface area contributed by atoms with E-state index in [9.17, 15) is 9.59 Å². The average molecular weight is 461 g/mol. The summed E-state index contributed by atoms with van der Waals surface area (Å²) in [6, 6.07) is 20.5. The second kappa shape index (κ2) is 9.42. The van der Waals surface area contributed by atoms with Crippen LogP contribution in [-0.4, -0.2) is 26.0 Å². The highest BCUT2D eigenvalue weighted by atomic mass is 32.2. The fourth-order valence-electron chi connectivity index (χ4n) is 3.55. The van der Waals surface area contributed by atoms with Crippen LogP contribution in [0.4, 0.5) is 11.4 Å². The molecule has 3 aromatic rings. The van der Waals surface area contributed by atoms with Gasteiger partial charge in [-0.2, -0.15) is 0 Å². The number of carbonyl (C=O) groups is 2. The highest BCUT2D eigenvalue weighted by molar-refractivity contribution is 8.04. The van der Waals surface area contributed by atoms with Crippen LogP contribution in [0.1, 0.15) is 11.1 Å². The van der Waals surface area contributed by atoms with Crippen LogP contribution in [0.3, 0.4) is 0 Å². The SMILES string of the molecule is COc1ccc(OC)c(NC2=C(Sc3ccccc3)C(=O)N(c3cc(C)ccc3C)C2=O)c1. The lowest BCUT2D eigenvalue weighted by Crippen LogP contribution is -2.33. The Morgan fingerprint density at radius 2 is 1.61 bits per heavy atom. The number of methoxy groups -OCH3 is 2. The van der Waals surface area contributed by atoms with Crippen molar-refractivity contribution in [3.8, 4) is 11.5 Å². The summed E-state index contributed by atoms with van der Waals surface area (Å²) in [4.78, 5) is 29.6. The van der Waals surface area contributed by atoms with Crippen molar-refractivity contribution in [1.82, 2.24) is 0 Å². The van der Waals surface area contributed by atoms with E-state index in [1.54, 1.807) is 32.4 Å². The smallest absolute Gasteiger partial charge is 0.283 e. The number of anilines is 2. The molecular formula is C26H24N2O4S. The molecule has 168 valence electrons. The topological polar surface area (TPSA) is 67.9 Å². The van der Waals surface area contributed by atoms with E-state index in [0.29, 0.717) is 27.8 Å². The molecule has 0 unspecified atom stereocenters. The molecule has 0 fully saturated rings. The number of imide groups is 1. The lowest BCUT2D eigenvalue weighted by Gasteiger charge is -2.18. The van der Waals surface area contributed by atoms with Gasteiger partial charge in [0.05, 0.1) is 25.6 Å². The van der Waals surface area contributed by atoms with E-state index in [2.05, 4.69) is 5.32 Å². The minimum Gasteiger partial charge on any atom is -0.497 e. The number of aryl methyl sites for hydroxylation is 2. The summed E-state index contributed by atoms with van der Waals surface area (Å²) in [7, 11) is 3.11. The molecule has 1 N–H and O–H groups in total. The van der Waals surface area contributed by atoms with Gasteiger partial charge in [0.25, 0.3) is 11.8 Å². The number of amides is 2. The van der Waals surface area contributed by atoms with Crippen molar-refractivity contribution in [2.45, 2.75) is 18.7 Å². The highest BCUT2D eigenvalue weighted by Gasteiger charge is 2.41. The number of nitrogens with zero attached hydrogens (tertiary/aromatic N) is 1. The fraction of sp³-hybridized carbons (Fsp3) is 0.154. The molecule has 0 spiro atoms.